The summed E-state index contributed by atoms with van der Waals surface area (Å²) in [5, 5.41) is 13.9. The van der Waals surface area contributed by atoms with Crippen molar-refractivity contribution in [3.05, 3.63) is 23.8 Å². The van der Waals surface area contributed by atoms with Crippen LogP contribution in [0.4, 0.5) is 11.4 Å². The van der Waals surface area contributed by atoms with Gasteiger partial charge in [-0.15, -0.1) is 0 Å². The molecule has 0 aliphatic heterocycles. The molecule has 1 fully saturated rings. The van der Waals surface area contributed by atoms with Crippen LogP contribution >= 0.6 is 0 Å². The minimum Gasteiger partial charge on any atom is -0.398 e. The first-order chi connectivity index (χ1) is 8.50. The molecule has 4 N–H and O–H groups in total. The Morgan fingerprint density at radius 1 is 1.50 bits per heavy atom. The summed E-state index contributed by atoms with van der Waals surface area (Å²) >= 11 is 0. The summed E-state index contributed by atoms with van der Waals surface area (Å²) in [7, 11) is 0. The zero-order valence-corrected chi connectivity index (χ0v) is 11.4. The minimum absolute atomic E-state index is 0.561. The highest BCUT2D eigenvalue weighted by molar-refractivity contribution is 5.62. The number of aliphatic hydroxyl groups is 1. The standard InChI is InChI=1S/C15H24N2O/c1-11-5-4-8-15(18,9-11)10-17-14-7-3-6-13(16)12(14)2/h3,6-7,11,17-18H,4-5,8-10,16H2,1-2H3. The summed E-state index contributed by atoms with van der Waals surface area (Å²) in [6.07, 6.45) is 4.14. The first-order valence-corrected chi connectivity index (χ1v) is 6.81. The van der Waals surface area contributed by atoms with Crippen LogP contribution in [0.15, 0.2) is 18.2 Å². The van der Waals surface area contributed by atoms with Crippen molar-refractivity contribution in [3.8, 4) is 0 Å². The van der Waals surface area contributed by atoms with Crippen molar-refractivity contribution in [1.29, 1.82) is 0 Å². The summed E-state index contributed by atoms with van der Waals surface area (Å²) in [6, 6.07) is 5.86. The van der Waals surface area contributed by atoms with Gasteiger partial charge in [-0.25, -0.2) is 0 Å². The molecule has 1 aromatic carbocycles. The zero-order valence-electron chi connectivity index (χ0n) is 11.4. The van der Waals surface area contributed by atoms with E-state index in [2.05, 4.69) is 12.2 Å². The van der Waals surface area contributed by atoms with E-state index in [9.17, 15) is 5.11 Å². The predicted octanol–water partition coefficient (Wildman–Crippen LogP) is 2.93. The van der Waals surface area contributed by atoms with E-state index in [1.54, 1.807) is 0 Å². The quantitative estimate of drug-likeness (QED) is 0.721. The number of hydrogen-bond acceptors (Lipinski definition) is 3. The zero-order chi connectivity index (χ0) is 13.2. The van der Waals surface area contributed by atoms with Crippen LogP contribution in [0.1, 0.15) is 38.2 Å². The smallest absolute Gasteiger partial charge is 0.0821 e. The molecule has 1 aromatic rings. The molecule has 100 valence electrons. The largest absolute Gasteiger partial charge is 0.398 e. The Balaban J connectivity index is 2.00. The Bertz CT molecular complexity index is 419. The van der Waals surface area contributed by atoms with Crippen molar-refractivity contribution in [2.45, 2.75) is 45.1 Å². The van der Waals surface area contributed by atoms with Gasteiger partial charge in [0.25, 0.3) is 0 Å². The molecule has 3 heteroatoms. The molecule has 0 aromatic heterocycles. The number of anilines is 2. The topological polar surface area (TPSA) is 58.3 Å². The molecule has 0 heterocycles. The third-order valence-electron chi connectivity index (χ3n) is 4.05. The maximum Gasteiger partial charge on any atom is 0.0821 e. The van der Waals surface area contributed by atoms with Gasteiger partial charge in [0.15, 0.2) is 0 Å². The number of nitrogens with two attached hydrogens (primary N) is 1. The lowest BCUT2D eigenvalue weighted by atomic mass is 9.79. The molecule has 0 radical (unpaired) electrons. The Morgan fingerprint density at radius 2 is 2.28 bits per heavy atom. The van der Waals surface area contributed by atoms with Crippen molar-refractivity contribution < 1.29 is 5.11 Å². The van der Waals surface area contributed by atoms with E-state index < -0.39 is 5.60 Å². The first kappa shape index (κ1) is 13.2. The van der Waals surface area contributed by atoms with Gasteiger partial charge in [0.05, 0.1) is 5.60 Å². The number of benzene rings is 1. The van der Waals surface area contributed by atoms with Crippen LogP contribution in [0.3, 0.4) is 0 Å². The summed E-state index contributed by atoms with van der Waals surface area (Å²) in [6.45, 7) is 4.84. The molecule has 2 atom stereocenters. The fourth-order valence-corrected chi connectivity index (χ4v) is 2.90. The molecule has 0 amide bonds. The molecular weight excluding hydrogens is 224 g/mol. The second kappa shape index (κ2) is 5.19. The van der Waals surface area contributed by atoms with E-state index in [-0.39, 0.29) is 0 Å². The Morgan fingerprint density at radius 3 is 3.00 bits per heavy atom. The summed E-state index contributed by atoms with van der Waals surface area (Å²) in [5.41, 5.74) is 8.21. The van der Waals surface area contributed by atoms with Crippen LogP contribution in [0.2, 0.25) is 0 Å². The van der Waals surface area contributed by atoms with Gasteiger partial charge in [-0.3, -0.25) is 0 Å². The van der Waals surface area contributed by atoms with Crippen LogP contribution in [0.5, 0.6) is 0 Å². The summed E-state index contributed by atoms with van der Waals surface area (Å²) < 4.78 is 0. The summed E-state index contributed by atoms with van der Waals surface area (Å²) in [5.74, 6) is 0.618. The van der Waals surface area contributed by atoms with Crippen molar-refractivity contribution in [2.24, 2.45) is 5.92 Å². The molecule has 2 rings (SSSR count). The highest BCUT2D eigenvalue weighted by atomic mass is 16.3. The van der Waals surface area contributed by atoms with Gasteiger partial charge >= 0.3 is 0 Å². The average Bonchev–Trinajstić information content (AvgIpc) is 2.31. The lowest BCUT2D eigenvalue weighted by Crippen LogP contribution is -2.41. The third-order valence-corrected chi connectivity index (χ3v) is 4.05. The molecule has 0 spiro atoms. The fraction of sp³-hybridized carbons (Fsp3) is 0.600. The van der Waals surface area contributed by atoms with Crippen LogP contribution in [0.25, 0.3) is 0 Å². The minimum atomic E-state index is -0.561. The van der Waals surface area contributed by atoms with E-state index >= 15 is 0 Å². The molecular formula is C15H24N2O. The lowest BCUT2D eigenvalue weighted by molar-refractivity contribution is -0.000766. The van der Waals surface area contributed by atoms with Gasteiger partial charge in [0.1, 0.15) is 0 Å². The Hall–Kier alpha value is -1.22. The average molecular weight is 248 g/mol. The van der Waals surface area contributed by atoms with E-state index in [1.807, 2.05) is 25.1 Å². The molecule has 1 saturated carbocycles. The van der Waals surface area contributed by atoms with Crippen molar-refractivity contribution in [2.75, 3.05) is 17.6 Å². The highest BCUT2D eigenvalue weighted by Gasteiger charge is 2.32. The first-order valence-electron chi connectivity index (χ1n) is 6.81. The van der Waals surface area contributed by atoms with E-state index in [0.29, 0.717) is 12.5 Å². The molecule has 1 aliphatic carbocycles. The third kappa shape index (κ3) is 2.96. The van der Waals surface area contributed by atoms with Gasteiger partial charge < -0.3 is 16.2 Å². The summed E-state index contributed by atoms with van der Waals surface area (Å²) in [4.78, 5) is 0. The van der Waals surface area contributed by atoms with E-state index in [0.717, 1.165) is 36.2 Å². The maximum atomic E-state index is 10.6. The molecule has 18 heavy (non-hydrogen) atoms. The normalized spacial score (nSPS) is 28.1. The number of rotatable bonds is 3. The molecule has 0 saturated heterocycles. The van der Waals surface area contributed by atoms with Gasteiger partial charge in [0, 0.05) is 17.9 Å². The van der Waals surface area contributed by atoms with Crippen LogP contribution < -0.4 is 11.1 Å². The van der Waals surface area contributed by atoms with Crippen molar-refractivity contribution in [1.82, 2.24) is 0 Å². The van der Waals surface area contributed by atoms with Gasteiger partial charge in [0.2, 0.25) is 0 Å². The number of hydrogen-bond donors (Lipinski definition) is 3. The van der Waals surface area contributed by atoms with Crippen LogP contribution in [-0.4, -0.2) is 17.3 Å². The van der Waals surface area contributed by atoms with Gasteiger partial charge in [-0.05, 0) is 43.4 Å². The number of nitrogen functional groups attached to an aromatic ring is 1. The van der Waals surface area contributed by atoms with Crippen molar-refractivity contribution >= 4 is 11.4 Å². The predicted molar refractivity (Wildman–Crippen MR) is 76.7 cm³/mol. The monoisotopic (exact) mass is 248 g/mol. The second-order valence-electron chi connectivity index (χ2n) is 5.80. The van der Waals surface area contributed by atoms with E-state index in [4.69, 9.17) is 5.73 Å². The molecule has 2 unspecified atom stereocenters. The Kier molecular flexibility index (Phi) is 3.81. The van der Waals surface area contributed by atoms with Gasteiger partial charge in [-0.1, -0.05) is 25.8 Å². The Labute approximate surface area is 109 Å². The SMILES string of the molecule is Cc1c(N)cccc1NCC1(O)CCCC(C)C1. The molecule has 0 bridgehead atoms. The van der Waals surface area contributed by atoms with Crippen LogP contribution in [0, 0.1) is 12.8 Å². The molecule has 3 nitrogen and oxygen atoms in total. The van der Waals surface area contributed by atoms with Gasteiger partial charge in [-0.2, -0.15) is 0 Å². The lowest BCUT2D eigenvalue weighted by Gasteiger charge is -2.36. The second-order valence-corrected chi connectivity index (χ2v) is 5.80. The highest BCUT2D eigenvalue weighted by Crippen LogP contribution is 2.32. The van der Waals surface area contributed by atoms with E-state index in [1.165, 1.54) is 6.42 Å². The fourth-order valence-electron chi connectivity index (χ4n) is 2.90. The maximum absolute atomic E-state index is 10.6. The van der Waals surface area contributed by atoms with Crippen molar-refractivity contribution in [3.63, 3.8) is 0 Å². The molecule has 1 aliphatic rings. The van der Waals surface area contributed by atoms with Crippen LogP contribution in [-0.2, 0) is 0 Å². The number of nitrogens with one attached hydrogen (secondary N) is 1.